The Morgan fingerprint density at radius 2 is 1.97 bits per heavy atom. The van der Waals surface area contributed by atoms with Crippen LogP contribution in [-0.4, -0.2) is 60.8 Å². The summed E-state index contributed by atoms with van der Waals surface area (Å²) in [7, 11) is 0. The molecule has 1 spiro atoms. The van der Waals surface area contributed by atoms with Gasteiger partial charge in [-0.2, -0.15) is 0 Å². The van der Waals surface area contributed by atoms with Crippen LogP contribution in [0.15, 0.2) is 29.6 Å². The van der Waals surface area contributed by atoms with E-state index in [1.54, 1.807) is 23.5 Å². The maximum absolute atomic E-state index is 13.0. The largest absolute Gasteiger partial charge is 0.348 e. The summed E-state index contributed by atoms with van der Waals surface area (Å²) in [4.78, 5) is 52.9. The van der Waals surface area contributed by atoms with E-state index in [0.717, 1.165) is 30.7 Å². The lowest BCUT2D eigenvalue weighted by Gasteiger charge is -2.50. The second-order valence-corrected chi connectivity index (χ2v) is 8.19. The van der Waals surface area contributed by atoms with Gasteiger partial charge < -0.3 is 14.8 Å². The zero-order valence-electron chi connectivity index (χ0n) is 16.2. The first-order chi connectivity index (χ1) is 14.1. The predicted octanol–water partition coefficient (Wildman–Crippen LogP) is 0.279. The molecule has 2 aromatic rings. The van der Waals surface area contributed by atoms with Gasteiger partial charge in [0.25, 0.3) is 0 Å². The van der Waals surface area contributed by atoms with E-state index in [-0.39, 0.29) is 24.3 Å². The number of hydrogen-bond acceptors (Lipinski definition) is 5. The Morgan fingerprint density at radius 3 is 2.69 bits per heavy atom. The average Bonchev–Trinajstić information content (AvgIpc) is 3.47. The molecule has 1 saturated heterocycles. The van der Waals surface area contributed by atoms with E-state index in [1.165, 1.54) is 10.8 Å². The summed E-state index contributed by atoms with van der Waals surface area (Å²) in [6, 6.07) is 1.64. The molecule has 2 fully saturated rings. The van der Waals surface area contributed by atoms with Gasteiger partial charge in [0, 0.05) is 50.1 Å². The quantitative estimate of drug-likeness (QED) is 0.803. The predicted molar refractivity (Wildman–Crippen MR) is 103 cm³/mol. The van der Waals surface area contributed by atoms with Gasteiger partial charge in [-0.05, 0) is 31.7 Å². The molecule has 9 heteroatoms. The second kappa shape index (κ2) is 6.82. The van der Waals surface area contributed by atoms with Crippen LogP contribution in [0.4, 0.5) is 0 Å². The molecule has 1 N–H and O–H groups in total. The molecule has 0 aromatic carbocycles. The van der Waals surface area contributed by atoms with Crippen molar-refractivity contribution in [2.75, 3.05) is 19.6 Å². The first-order valence-corrected chi connectivity index (χ1v) is 10.2. The van der Waals surface area contributed by atoms with Crippen LogP contribution in [0.25, 0.3) is 0 Å². The number of carbonyl (C=O) groups is 2. The molecule has 4 heterocycles. The SMILES string of the molecule is O=C(Cn1cccnc1=O)N1CCC2(CC1)c1nc[nH]c1CCN2C(=O)C1CC1. The van der Waals surface area contributed by atoms with Crippen molar-refractivity contribution in [2.24, 2.45) is 5.92 Å². The fraction of sp³-hybridized carbons (Fsp3) is 0.550. The second-order valence-electron chi connectivity index (χ2n) is 8.19. The molecule has 29 heavy (non-hydrogen) atoms. The Morgan fingerprint density at radius 1 is 1.17 bits per heavy atom. The van der Waals surface area contributed by atoms with Crippen molar-refractivity contribution in [3.05, 3.63) is 46.7 Å². The Kier molecular flexibility index (Phi) is 4.25. The molecule has 2 aromatic heterocycles. The third-order valence-corrected chi connectivity index (χ3v) is 6.49. The van der Waals surface area contributed by atoms with Crippen LogP contribution >= 0.6 is 0 Å². The highest BCUT2D eigenvalue weighted by Crippen LogP contribution is 2.45. The molecule has 5 rings (SSSR count). The number of carbonyl (C=O) groups excluding carboxylic acids is 2. The monoisotopic (exact) mass is 396 g/mol. The molecule has 3 aliphatic rings. The highest BCUT2D eigenvalue weighted by molar-refractivity contribution is 5.82. The number of nitrogens with zero attached hydrogens (tertiary/aromatic N) is 5. The zero-order chi connectivity index (χ0) is 20.0. The Balaban J connectivity index is 1.35. The number of imidazole rings is 1. The van der Waals surface area contributed by atoms with Gasteiger partial charge in [-0.1, -0.05) is 0 Å². The number of aromatic amines is 1. The first-order valence-electron chi connectivity index (χ1n) is 10.2. The van der Waals surface area contributed by atoms with Gasteiger partial charge in [-0.25, -0.2) is 14.8 Å². The van der Waals surface area contributed by atoms with Crippen LogP contribution in [0, 0.1) is 5.92 Å². The maximum atomic E-state index is 13.0. The van der Waals surface area contributed by atoms with E-state index in [2.05, 4.69) is 15.0 Å². The average molecular weight is 396 g/mol. The molecule has 0 atom stereocenters. The number of rotatable bonds is 3. The fourth-order valence-electron chi connectivity index (χ4n) is 4.74. The lowest BCUT2D eigenvalue weighted by molar-refractivity contribution is -0.145. The Hall–Kier alpha value is -2.97. The topological polar surface area (TPSA) is 104 Å². The van der Waals surface area contributed by atoms with Gasteiger partial charge in [0.15, 0.2) is 0 Å². The number of hydrogen-bond donors (Lipinski definition) is 1. The molecular weight excluding hydrogens is 372 g/mol. The number of nitrogens with one attached hydrogen (secondary N) is 1. The van der Waals surface area contributed by atoms with E-state index < -0.39 is 11.2 Å². The van der Waals surface area contributed by atoms with Gasteiger partial charge in [0.2, 0.25) is 11.8 Å². The molecule has 2 aliphatic heterocycles. The summed E-state index contributed by atoms with van der Waals surface area (Å²) >= 11 is 0. The third-order valence-electron chi connectivity index (χ3n) is 6.49. The van der Waals surface area contributed by atoms with E-state index in [0.29, 0.717) is 32.5 Å². The molecule has 152 valence electrons. The van der Waals surface area contributed by atoms with Crippen molar-refractivity contribution in [1.29, 1.82) is 0 Å². The van der Waals surface area contributed by atoms with Gasteiger partial charge in [-0.3, -0.25) is 14.2 Å². The highest BCUT2D eigenvalue weighted by atomic mass is 16.2. The fourth-order valence-corrected chi connectivity index (χ4v) is 4.74. The normalized spacial score (nSPS) is 20.6. The van der Waals surface area contributed by atoms with Crippen molar-refractivity contribution in [1.82, 2.24) is 29.3 Å². The summed E-state index contributed by atoms with van der Waals surface area (Å²) < 4.78 is 1.32. The van der Waals surface area contributed by atoms with E-state index in [4.69, 9.17) is 0 Å². The van der Waals surface area contributed by atoms with E-state index in [9.17, 15) is 14.4 Å². The molecular formula is C20H24N6O3. The minimum absolute atomic E-state index is 0.0158. The zero-order valence-corrected chi connectivity index (χ0v) is 16.2. The van der Waals surface area contributed by atoms with Crippen LogP contribution in [0.3, 0.4) is 0 Å². The van der Waals surface area contributed by atoms with Crippen LogP contribution in [0.5, 0.6) is 0 Å². The summed E-state index contributed by atoms with van der Waals surface area (Å²) in [5, 5.41) is 0. The van der Waals surface area contributed by atoms with Crippen molar-refractivity contribution >= 4 is 11.8 Å². The van der Waals surface area contributed by atoms with Crippen molar-refractivity contribution < 1.29 is 9.59 Å². The highest BCUT2D eigenvalue weighted by Gasteiger charge is 2.51. The maximum Gasteiger partial charge on any atom is 0.347 e. The van der Waals surface area contributed by atoms with Gasteiger partial charge in [0.05, 0.1) is 17.6 Å². The number of aromatic nitrogens is 4. The van der Waals surface area contributed by atoms with Gasteiger partial charge in [0.1, 0.15) is 6.54 Å². The minimum Gasteiger partial charge on any atom is -0.348 e. The van der Waals surface area contributed by atoms with Crippen molar-refractivity contribution in [2.45, 2.75) is 44.2 Å². The molecule has 1 saturated carbocycles. The van der Waals surface area contributed by atoms with Crippen LogP contribution in [0.1, 0.15) is 37.1 Å². The van der Waals surface area contributed by atoms with Crippen LogP contribution in [-0.2, 0) is 28.1 Å². The first kappa shape index (κ1) is 18.1. The summed E-state index contributed by atoms with van der Waals surface area (Å²) in [5.74, 6) is 0.290. The molecule has 0 bridgehead atoms. The van der Waals surface area contributed by atoms with Gasteiger partial charge >= 0.3 is 5.69 Å². The smallest absolute Gasteiger partial charge is 0.347 e. The summed E-state index contributed by atoms with van der Waals surface area (Å²) in [6.07, 6.45) is 8.78. The number of amides is 2. The molecule has 1 aliphatic carbocycles. The number of fused-ring (bicyclic) bond motifs is 2. The number of H-pyrrole nitrogens is 1. The molecule has 9 nitrogen and oxygen atoms in total. The lowest BCUT2D eigenvalue weighted by Crippen LogP contribution is -2.59. The molecule has 0 unspecified atom stereocenters. The minimum atomic E-state index is -0.435. The Labute approximate surface area is 167 Å². The molecule has 2 amide bonds. The van der Waals surface area contributed by atoms with Crippen molar-refractivity contribution in [3.63, 3.8) is 0 Å². The standard InChI is InChI=1S/C20H24N6O3/c27-16(12-25-8-1-7-21-19(25)29)24-10-5-20(6-11-24)17-15(22-13-23-17)4-9-26(20)18(28)14-2-3-14/h1,7-8,13-14H,2-6,9-12H2,(H,22,23). The van der Waals surface area contributed by atoms with E-state index >= 15 is 0 Å². The summed E-state index contributed by atoms with van der Waals surface area (Å²) in [5.41, 5.74) is 1.21. The number of piperidine rings is 1. The lowest BCUT2D eigenvalue weighted by atomic mass is 9.78. The van der Waals surface area contributed by atoms with Gasteiger partial charge in [-0.15, -0.1) is 0 Å². The number of likely N-dealkylation sites (tertiary alicyclic amines) is 1. The Bertz CT molecular complexity index is 999. The third kappa shape index (κ3) is 3.04. The van der Waals surface area contributed by atoms with Crippen LogP contribution < -0.4 is 5.69 Å². The summed E-state index contributed by atoms with van der Waals surface area (Å²) in [6.45, 7) is 1.75. The molecule has 0 radical (unpaired) electrons. The van der Waals surface area contributed by atoms with E-state index in [1.807, 2.05) is 4.90 Å². The van der Waals surface area contributed by atoms with Crippen molar-refractivity contribution in [3.8, 4) is 0 Å². The van der Waals surface area contributed by atoms with Crippen LogP contribution in [0.2, 0.25) is 0 Å².